The van der Waals surface area contributed by atoms with Crippen molar-refractivity contribution in [3.63, 3.8) is 0 Å². The van der Waals surface area contributed by atoms with Crippen LogP contribution in [-0.4, -0.2) is 63.7 Å². The Hall–Kier alpha value is -3.21. The molecule has 0 amide bonds. The van der Waals surface area contributed by atoms with Gasteiger partial charge in [0.05, 0.1) is 5.52 Å². The number of ether oxygens (including phenoxy) is 5. The van der Waals surface area contributed by atoms with Gasteiger partial charge in [0.15, 0.2) is 23.7 Å². The maximum atomic E-state index is 12.5. The average Bonchev–Trinajstić information content (AvgIpc) is 3.13. The third-order valence-corrected chi connectivity index (χ3v) is 6.02. The van der Waals surface area contributed by atoms with Gasteiger partial charge in [0.25, 0.3) is 0 Å². The predicted molar refractivity (Wildman–Crippen MR) is 127 cm³/mol. The number of rotatable bonds is 5. The summed E-state index contributed by atoms with van der Waals surface area (Å²) < 4.78 is 29.1. The Morgan fingerprint density at radius 2 is 1.54 bits per heavy atom. The number of fused-ring (bicyclic) bond motifs is 1. The molecule has 190 valence electrons. The van der Waals surface area contributed by atoms with E-state index in [-0.39, 0.29) is 5.75 Å². The van der Waals surface area contributed by atoms with Crippen LogP contribution in [0.5, 0.6) is 5.75 Å². The van der Waals surface area contributed by atoms with E-state index < -0.39 is 53.4 Å². The van der Waals surface area contributed by atoms with Gasteiger partial charge in [0.2, 0.25) is 0 Å². The summed E-state index contributed by atoms with van der Waals surface area (Å²) in [5, 5.41) is 0.729. The van der Waals surface area contributed by atoms with Gasteiger partial charge in [-0.1, -0.05) is 0 Å². The van der Waals surface area contributed by atoms with Gasteiger partial charge in [-0.15, -0.1) is 11.8 Å². The van der Waals surface area contributed by atoms with Crippen molar-refractivity contribution in [1.82, 2.24) is 4.57 Å². The quantitative estimate of drug-likeness (QED) is 0.438. The first-order valence-electron chi connectivity index (χ1n) is 11.0. The summed E-state index contributed by atoms with van der Waals surface area (Å²) >= 11 is 1.26. The zero-order valence-electron chi connectivity index (χ0n) is 20.4. The van der Waals surface area contributed by atoms with Crippen LogP contribution in [0.1, 0.15) is 41.5 Å². The zero-order valence-corrected chi connectivity index (χ0v) is 21.2. The lowest BCUT2D eigenvalue weighted by Gasteiger charge is -2.39. The first kappa shape index (κ1) is 26.4. The number of carbonyl (C=O) groups is 4. The Morgan fingerprint density at radius 3 is 2.14 bits per heavy atom. The first-order chi connectivity index (χ1) is 16.3. The molecule has 0 aliphatic carbocycles. The number of benzene rings is 1. The highest BCUT2D eigenvalue weighted by molar-refractivity contribution is 7.99. The lowest BCUT2D eigenvalue weighted by atomic mass is 10.1. The maximum Gasteiger partial charge on any atom is 0.418 e. The highest BCUT2D eigenvalue weighted by Crippen LogP contribution is 2.35. The molecule has 0 bridgehead atoms. The molecule has 35 heavy (non-hydrogen) atoms. The molecule has 2 heterocycles. The fraction of sp³-hybridized carbons (Fsp3) is 0.500. The van der Waals surface area contributed by atoms with Gasteiger partial charge in [-0.25, -0.2) is 4.79 Å². The highest BCUT2D eigenvalue weighted by Gasteiger charge is 2.47. The van der Waals surface area contributed by atoms with E-state index in [0.717, 1.165) is 5.39 Å². The molecule has 4 atom stereocenters. The van der Waals surface area contributed by atoms with Crippen LogP contribution in [0.25, 0.3) is 10.9 Å². The molecule has 1 aliphatic rings. The van der Waals surface area contributed by atoms with E-state index in [0.29, 0.717) is 11.3 Å². The summed E-state index contributed by atoms with van der Waals surface area (Å²) in [6.45, 7) is 9.07. The van der Waals surface area contributed by atoms with Crippen LogP contribution >= 0.6 is 11.8 Å². The highest BCUT2D eigenvalue weighted by atomic mass is 32.2. The molecule has 10 nitrogen and oxygen atoms in total. The van der Waals surface area contributed by atoms with Gasteiger partial charge in [-0.05, 0) is 45.0 Å². The van der Waals surface area contributed by atoms with Crippen molar-refractivity contribution in [2.75, 3.05) is 5.75 Å². The van der Waals surface area contributed by atoms with E-state index in [1.165, 1.54) is 37.1 Å². The van der Waals surface area contributed by atoms with Crippen LogP contribution in [-0.2, 0) is 33.3 Å². The van der Waals surface area contributed by atoms with Crippen LogP contribution in [0.3, 0.4) is 0 Å². The molecule has 0 radical (unpaired) electrons. The van der Waals surface area contributed by atoms with E-state index in [1.54, 1.807) is 51.2 Å². The molecule has 1 unspecified atom stereocenters. The van der Waals surface area contributed by atoms with Gasteiger partial charge < -0.3 is 23.7 Å². The maximum absolute atomic E-state index is 12.5. The molecule has 0 N–H and O–H groups in total. The molecule has 1 aromatic heterocycles. The summed E-state index contributed by atoms with van der Waals surface area (Å²) in [4.78, 5) is 47.6. The van der Waals surface area contributed by atoms with Crippen molar-refractivity contribution < 1.29 is 42.9 Å². The molecular formula is C24H29NO9S. The van der Waals surface area contributed by atoms with Crippen LogP contribution in [0.2, 0.25) is 0 Å². The van der Waals surface area contributed by atoms with E-state index in [4.69, 9.17) is 23.7 Å². The smallest absolute Gasteiger partial charge is 0.418 e. The molecule has 0 saturated carbocycles. The molecule has 2 aromatic rings. The second-order valence-corrected chi connectivity index (χ2v) is 10.1. The molecule has 0 spiro atoms. The Morgan fingerprint density at radius 1 is 0.914 bits per heavy atom. The number of hydrogen-bond donors (Lipinski definition) is 0. The predicted octanol–water partition coefficient (Wildman–Crippen LogP) is 3.67. The number of esters is 3. The van der Waals surface area contributed by atoms with Gasteiger partial charge in [0.1, 0.15) is 11.4 Å². The minimum absolute atomic E-state index is 0.261. The molecular weight excluding hydrogens is 478 g/mol. The summed E-state index contributed by atoms with van der Waals surface area (Å²) in [6, 6.07) is 6.88. The molecule has 11 heteroatoms. The monoisotopic (exact) mass is 507 g/mol. The molecule has 1 fully saturated rings. The Labute approximate surface area is 207 Å². The number of carbonyl (C=O) groups excluding carboxylic acids is 4. The van der Waals surface area contributed by atoms with Gasteiger partial charge >= 0.3 is 24.0 Å². The van der Waals surface area contributed by atoms with E-state index in [1.807, 2.05) is 0 Å². The van der Waals surface area contributed by atoms with Gasteiger partial charge in [0, 0.05) is 38.1 Å². The van der Waals surface area contributed by atoms with Crippen molar-refractivity contribution in [2.24, 2.45) is 0 Å². The Bertz CT molecular complexity index is 1120. The van der Waals surface area contributed by atoms with Crippen LogP contribution in [0, 0.1) is 0 Å². The molecule has 1 saturated heterocycles. The summed E-state index contributed by atoms with van der Waals surface area (Å²) in [6.07, 6.45) is -1.76. The summed E-state index contributed by atoms with van der Waals surface area (Å²) in [5.74, 6) is -1.05. The number of aromatic nitrogens is 1. The second-order valence-electron chi connectivity index (χ2n) is 9.00. The number of thioether (sulfide) groups is 1. The van der Waals surface area contributed by atoms with E-state index in [2.05, 4.69) is 0 Å². The van der Waals surface area contributed by atoms with Crippen LogP contribution in [0.4, 0.5) is 4.79 Å². The topological polar surface area (TPSA) is 119 Å². The van der Waals surface area contributed by atoms with Crippen molar-refractivity contribution in [1.29, 1.82) is 0 Å². The normalized spacial score (nSPS) is 22.2. The minimum atomic E-state index is -1.04. The van der Waals surface area contributed by atoms with Crippen LogP contribution < -0.4 is 4.74 Å². The van der Waals surface area contributed by atoms with Gasteiger partial charge in [-0.3, -0.25) is 19.0 Å². The van der Waals surface area contributed by atoms with E-state index >= 15 is 0 Å². The van der Waals surface area contributed by atoms with Crippen LogP contribution in [0.15, 0.2) is 30.5 Å². The molecule has 3 rings (SSSR count). The van der Waals surface area contributed by atoms with Crippen molar-refractivity contribution in [3.8, 4) is 5.75 Å². The lowest BCUT2D eigenvalue weighted by molar-refractivity contribution is -0.186. The first-order valence-corrected chi connectivity index (χ1v) is 12.0. The Kier molecular flexibility index (Phi) is 7.99. The third-order valence-electron chi connectivity index (χ3n) is 4.81. The molecule has 1 aliphatic heterocycles. The van der Waals surface area contributed by atoms with Gasteiger partial charge in [-0.2, -0.15) is 0 Å². The third kappa shape index (κ3) is 6.91. The van der Waals surface area contributed by atoms with Crippen molar-refractivity contribution >= 4 is 46.7 Å². The number of hydrogen-bond acceptors (Lipinski definition) is 10. The summed E-state index contributed by atoms with van der Waals surface area (Å²) in [7, 11) is 0. The fourth-order valence-electron chi connectivity index (χ4n) is 3.61. The fourth-order valence-corrected chi connectivity index (χ4v) is 4.82. The van der Waals surface area contributed by atoms with Crippen molar-refractivity contribution in [3.05, 3.63) is 30.5 Å². The second kappa shape index (κ2) is 10.6. The number of nitrogens with zero attached hydrogens (tertiary/aromatic N) is 1. The summed E-state index contributed by atoms with van der Waals surface area (Å²) in [5.41, 5.74) is -0.754. The standard InChI is InChI=1S/C24H29NO9S/c1-13(26)30-19-12-35-22(21(32-15(3)28)20(19)31-14(2)27)33-17-7-8-18-16(11-17)9-10-25(18)23(29)34-24(4,5)6/h7-11,19-22H,12H2,1-6H3/t19-,20+,21-,22?/m1/s1. The largest absolute Gasteiger partial charge is 0.476 e. The minimum Gasteiger partial charge on any atom is -0.476 e. The average molecular weight is 508 g/mol. The molecule has 1 aromatic carbocycles. The zero-order chi connectivity index (χ0) is 25.9. The van der Waals surface area contributed by atoms with E-state index in [9.17, 15) is 19.2 Å². The lowest BCUT2D eigenvalue weighted by Crippen LogP contribution is -2.55. The van der Waals surface area contributed by atoms with Crippen molar-refractivity contribution in [2.45, 2.75) is 70.9 Å². The Balaban J connectivity index is 1.85. The SMILES string of the molecule is CC(=O)O[C@H]1[C@H](OC(C)=O)CSC(Oc2ccc3c(ccn3C(=O)OC(C)(C)C)c2)[C@@H]1OC(C)=O.